The van der Waals surface area contributed by atoms with Gasteiger partial charge in [-0.15, -0.1) is 0 Å². The predicted octanol–water partition coefficient (Wildman–Crippen LogP) is 4.45. The van der Waals surface area contributed by atoms with Gasteiger partial charge in [-0.2, -0.15) is 0 Å². The Morgan fingerprint density at radius 1 is 1.03 bits per heavy atom. The van der Waals surface area contributed by atoms with E-state index in [4.69, 9.17) is 9.47 Å². The van der Waals surface area contributed by atoms with Gasteiger partial charge in [0.1, 0.15) is 28.8 Å². The van der Waals surface area contributed by atoms with E-state index in [1.54, 1.807) is 6.92 Å². The van der Waals surface area contributed by atoms with Crippen LogP contribution in [0, 0.1) is 24.4 Å². The molecule has 1 atom stereocenters. The third-order valence-corrected chi connectivity index (χ3v) is 6.71. The van der Waals surface area contributed by atoms with Crippen LogP contribution in [-0.2, 0) is 16.0 Å². The maximum Gasteiger partial charge on any atom is 0.228 e. The molecule has 2 N–H and O–H groups in total. The Labute approximate surface area is 207 Å². The standard InChI is InChI=1S/C25H29F3N6O2/c1-14-13-36-8-5-34(14)12-17-9-19(27)21(10-18(17)26)32-25-29-11-20(28)23(33-25)24-22(30-15(2)31-24)16-3-6-35-7-4-16/h9-11,14,16H,3-8,12-13H2,1-2H3,(H,30,31)(H,29,32,33)/t14-/m0/s1. The molecule has 11 heteroatoms. The lowest BCUT2D eigenvalue weighted by molar-refractivity contribution is -0.00483. The Balaban J connectivity index is 1.39. The fourth-order valence-corrected chi connectivity index (χ4v) is 4.71. The molecule has 2 aliphatic rings. The molecule has 2 fully saturated rings. The minimum atomic E-state index is -0.653. The summed E-state index contributed by atoms with van der Waals surface area (Å²) in [5, 5.41) is 2.70. The van der Waals surface area contributed by atoms with Crippen molar-refractivity contribution in [3.05, 3.63) is 52.9 Å². The molecule has 0 unspecified atom stereocenters. The number of hydrogen-bond donors (Lipinski definition) is 2. The summed E-state index contributed by atoms with van der Waals surface area (Å²) in [4.78, 5) is 18.0. The SMILES string of the molecule is Cc1nc(-c2nc(Nc3cc(F)c(CN4CCOC[C@@H]4C)cc3F)ncc2F)c(C2CCOCC2)[nH]1. The summed E-state index contributed by atoms with van der Waals surface area (Å²) in [6.45, 7) is 7.06. The van der Waals surface area contributed by atoms with Crippen LogP contribution in [0.4, 0.5) is 24.8 Å². The highest BCUT2D eigenvalue weighted by Gasteiger charge is 2.26. The lowest BCUT2D eigenvalue weighted by atomic mass is 9.94. The van der Waals surface area contributed by atoms with Crippen molar-refractivity contribution < 1.29 is 22.6 Å². The molecule has 192 valence electrons. The number of morpholine rings is 1. The molecule has 0 aliphatic carbocycles. The van der Waals surface area contributed by atoms with Gasteiger partial charge in [0.25, 0.3) is 0 Å². The topological polar surface area (TPSA) is 88.2 Å². The fraction of sp³-hybridized carbons (Fsp3) is 0.480. The highest BCUT2D eigenvalue weighted by Crippen LogP contribution is 2.34. The molecule has 2 aromatic heterocycles. The van der Waals surface area contributed by atoms with Crippen molar-refractivity contribution in [1.29, 1.82) is 0 Å². The third kappa shape index (κ3) is 5.23. The number of hydrogen-bond acceptors (Lipinski definition) is 7. The normalized spacial score (nSPS) is 19.5. The summed E-state index contributed by atoms with van der Waals surface area (Å²) < 4.78 is 55.5. The first-order valence-corrected chi connectivity index (χ1v) is 12.1. The van der Waals surface area contributed by atoms with Gasteiger partial charge in [0.2, 0.25) is 5.95 Å². The molecule has 8 nitrogen and oxygen atoms in total. The van der Waals surface area contributed by atoms with Gasteiger partial charge in [-0.3, -0.25) is 4.90 Å². The van der Waals surface area contributed by atoms with Crippen LogP contribution in [0.15, 0.2) is 18.3 Å². The van der Waals surface area contributed by atoms with Crippen LogP contribution >= 0.6 is 0 Å². The van der Waals surface area contributed by atoms with Crippen LogP contribution in [0.2, 0.25) is 0 Å². The molecule has 36 heavy (non-hydrogen) atoms. The zero-order chi connectivity index (χ0) is 25.2. The molecule has 0 spiro atoms. The number of imidazole rings is 1. The monoisotopic (exact) mass is 502 g/mol. The van der Waals surface area contributed by atoms with E-state index in [1.165, 1.54) is 6.07 Å². The number of nitrogens with one attached hydrogen (secondary N) is 2. The number of ether oxygens (including phenoxy) is 2. The number of rotatable bonds is 6. The Bertz CT molecular complexity index is 1230. The summed E-state index contributed by atoms with van der Waals surface area (Å²) >= 11 is 0. The first-order chi connectivity index (χ1) is 17.4. The molecule has 0 bridgehead atoms. The van der Waals surface area contributed by atoms with E-state index in [1.807, 2.05) is 11.8 Å². The van der Waals surface area contributed by atoms with E-state index in [9.17, 15) is 13.2 Å². The minimum absolute atomic E-state index is 0.00264. The van der Waals surface area contributed by atoms with Gasteiger partial charge in [-0.1, -0.05) is 0 Å². The first-order valence-electron chi connectivity index (χ1n) is 12.1. The maximum absolute atomic E-state index is 14.9. The van der Waals surface area contributed by atoms with Gasteiger partial charge in [-0.25, -0.2) is 28.1 Å². The largest absolute Gasteiger partial charge is 0.381 e. The van der Waals surface area contributed by atoms with Gasteiger partial charge < -0.3 is 19.8 Å². The molecule has 0 amide bonds. The summed E-state index contributed by atoms with van der Waals surface area (Å²) in [6.07, 6.45) is 2.57. The molecule has 5 rings (SSSR count). The smallest absolute Gasteiger partial charge is 0.228 e. The van der Waals surface area contributed by atoms with Crippen LogP contribution in [0.25, 0.3) is 11.4 Å². The number of H-pyrrole nitrogens is 1. The minimum Gasteiger partial charge on any atom is -0.381 e. The average molecular weight is 503 g/mol. The van der Waals surface area contributed by atoms with E-state index in [-0.39, 0.29) is 41.4 Å². The predicted molar refractivity (Wildman–Crippen MR) is 127 cm³/mol. The number of anilines is 2. The van der Waals surface area contributed by atoms with E-state index >= 15 is 0 Å². The second kappa shape index (κ2) is 10.5. The Kier molecular flexibility index (Phi) is 7.22. The molecule has 0 radical (unpaired) electrons. The van der Waals surface area contributed by atoms with Gasteiger partial charge in [0, 0.05) is 55.6 Å². The average Bonchev–Trinajstić information content (AvgIpc) is 3.26. The zero-order valence-corrected chi connectivity index (χ0v) is 20.3. The van der Waals surface area contributed by atoms with Crippen molar-refractivity contribution in [2.45, 2.75) is 45.2 Å². The fourth-order valence-electron chi connectivity index (χ4n) is 4.71. The van der Waals surface area contributed by atoms with E-state index in [2.05, 4.69) is 25.3 Å². The lowest BCUT2D eigenvalue weighted by Crippen LogP contribution is -2.43. The Hall–Kier alpha value is -3.02. The molecule has 2 saturated heterocycles. The van der Waals surface area contributed by atoms with Crippen LogP contribution in [-0.4, -0.2) is 63.8 Å². The van der Waals surface area contributed by atoms with E-state index in [0.29, 0.717) is 44.5 Å². The second-order valence-electron chi connectivity index (χ2n) is 9.30. The van der Waals surface area contributed by atoms with E-state index in [0.717, 1.165) is 30.8 Å². The molecule has 4 heterocycles. The quantitative estimate of drug-likeness (QED) is 0.515. The van der Waals surface area contributed by atoms with Crippen molar-refractivity contribution in [2.24, 2.45) is 0 Å². The summed E-state index contributed by atoms with van der Waals surface area (Å²) in [6, 6.07) is 2.36. The number of nitrogens with zero attached hydrogens (tertiary/aromatic N) is 4. The van der Waals surface area contributed by atoms with Crippen molar-refractivity contribution in [1.82, 2.24) is 24.8 Å². The molecular formula is C25H29F3N6O2. The van der Waals surface area contributed by atoms with Crippen molar-refractivity contribution in [3.63, 3.8) is 0 Å². The lowest BCUT2D eigenvalue weighted by Gasteiger charge is -2.33. The summed E-state index contributed by atoms with van der Waals surface area (Å²) in [5.74, 6) is -1.14. The van der Waals surface area contributed by atoms with Crippen LogP contribution in [0.1, 0.15) is 42.8 Å². The summed E-state index contributed by atoms with van der Waals surface area (Å²) in [5.41, 5.74) is 1.30. The molecular weight excluding hydrogens is 473 g/mol. The third-order valence-electron chi connectivity index (χ3n) is 6.71. The van der Waals surface area contributed by atoms with Crippen LogP contribution in [0.5, 0.6) is 0 Å². The Morgan fingerprint density at radius 3 is 2.61 bits per heavy atom. The van der Waals surface area contributed by atoms with Crippen molar-refractivity contribution in [3.8, 4) is 11.4 Å². The molecule has 0 saturated carbocycles. The second-order valence-corrected chi connectivity index (χ2v) is 9.30. The van der Waals surface area contributed by atoms with Gasteiger partial charge >= 0.3 is 0 Å². The number of benzene rings is 1. The maximum atomic E-state index is 14.9. The van der Waals surface area contributed by atoms with Crippen molar-refractivity contribution >= 4 is 11.6 Å². The highest BCUT2D eigenvalue weighted by molar-refractivity contribution is 5.63. The van der Waals surface area contributed by atoms with Gasteiger partial charge in [0.05, 0.1) is 25.1 Å². The highest BCUT2D eigenvalue weighted by atomic mass is 19.1. The van der Waals surface area contributed by atoms with Crippen molar-refractivity contribution in [2.75, 3.05) is 38.3 Å². The zero-order valence-electron chi connectivity index (χ0n) is 20.3. The van der Waals surface area contributed by atoms with Crippen LogP contribution < -0.4 is 5.32 Å². The van der Waals surface area contributed by atoms with Gasteiger partial charge in [-0.05, 0) is 32.8 Å². The van der Waals surface area contributed by atoms with E-state index < -0.39 is 17.5 Å². The molecule has 3 aromatic rings. The number of halogens is 3. The van der Waals surface area contributed by atoms with Crippen LogP contribution in [0.3, 0.4) is 0 Å². The Morgan fingerprint density at radius 2 is 1.83 bits per heavy atom. The number of aromatic amines is 1. The van der Waals surface area contributed by atoms with Gasteiger partial charge in [0.15, 0.2) is 5.82 Å². The summed E-state index contributed by atoms with van der Waals surface area (Å²) in [7, 11) is 0. The molecule has 1 aromatic carbocycles. The molecule has 2 aliphatic heterocycles. The number of aromatic nitrogens is 4. The first kappa shape index (κ1) is 24.7. The number of aryl methyl sites for hydroxylation is 1.